The van der Waals surface area contributed by atoms with E-state index in [2.05, 4.69) is 23.3 Å². The minimum Gasteiger partial charge on any atom is -0.493 e. The molecule has 1 N–H and O–H groups in total. The van der Waals surface area contributed by atoms with E-state index >= 15 is 0 Å². The zero-order valence-corrected chi connectivity index (χ0v) is 16.8. The van der Waals surface area contributed by atoms with Crippen LogP contribution in [-0.4, -0.2) is 37.6 Å². The Hall–Kier alpha value is -2.53. The van der Waals surface area contributed by atoms with E-state index < -0.39 is 0 Å². The van der Waals surface area contributed by atoms with Crippen molar-refractivity contribution in [2.24, 2.45) is 0 Å². The van der Waals surface area contributed by atoms with E-state index in [4.69, 9.17) is 9.47 Å². The van der Waals surface area contributed by atoms with Gasteiger partial charge in [0.1, 0.15) is 0 Å². The second kappa shape index (κ2) is 10.1. The molecular weight excluding hydrogens is 352 g/mol. The van der Waals surface area contributed by atoms with Crippen molar-refractivity contribution in [3.63, 3.8) is 0 Å². The molecule has 0 aliphatic heterocycles. The monoisotopic (exact) mass is 382 g/mol. The average molecular weight is 383 g/mol. The predicted octanol–water partition coefficient (Wildman–Crippen LogP) is 4.48. The van der Waals surface area contributed by atoms with Crippen LogP contribution in [0.15, 0.2) is 48.5 Å². The lowest BCUT2D eigenvalue weighted by Gasteiger charge is -2.31. The summed E-state index contributed by atoms with van der Waals surface area (Å²) in [6, 6.07) is 15.9. The van der Waals surface area contributed by atoms with Gasteiger partial charge in [0.2, 0.25) is 0 Å². The van der Waals surface area contributed by atoms with Crippen LogP contribution in [0, 0.1) is 0 Å². The van der Waals surface area contributed by atoms with Crippen molar-refractivity contribution in [3.8, 4) is 11.5 Å². The van der Waals surface area contributed by atoms with Gasteiger partial charge in [-0.2, -0.15) is 0 Å². The molecule has 0 atom stereocenters. The highest BCUT2D eigenvalue weighted by molar-refractivity contribution is 5.92. The lowest BCUT2D eigenvalue weighted by molar-refractivity contribution is -0.118. The maximum atomic E-state index is 12.4. The molecule has 28 heavy (non-hydrogen) atoms. The molecule has 1 fully saturated rings. The third-order valence-corrected chi connectivity index (χ3v) is 5.34. The summed E-state index contributed by atoms with van der Waals surface area (Å²) in [5.74, 6) is 0.994. The molecule has 0 saturated heterocycles. The molecule has 150 valence electrons. The van der Waals surface area contributed by atoms with E-state index in [-0.39, 0.29) is 12.5 Å². The predicted molar refractivity (Wildman–Crippen MR) is 112 cm³/mol. The van der Waals surface area contributed by atoms with Crippen molar-refractivity contribution in [2.45, 2.75) is 44.7 Å². The van der Waals surface area contributed by atoms with Gasteiger partial charge in [-0.1, -0.05) is 49.6 Å². The molecule has 1 saturated carbocycles. The van der Waals surface area contributed by atoms with Gasteiger partial charge in [-0.15, -0.1) is 0 Å². The summed E-state index contributed by atoms with van der Waals surface area (Å²) in [7, 11) is 3.76. The maximum Gasteiger partial charge on any atom is 0.262 e. The van der Waals surface area contributed by atoms with E-state index in [1.807, 2.05) is 36.4 Å². The number of rotatable bonds is 8. The minimum absolute atomic E-state index is 0.0623. The highest BCUT2D eigenvalue weighted by Crippen LogP contribution is 2.26. The zero-order chi connectivity index (χ0) is 19.8. The molecule has 0 heterocycles. The van der Waals surface area contributed by atoms with Crippen LogP contribution in [0.4, 0.5) is 5.69 Å². The van der Waals surface area contributed by atoms with Gasteiger partial charge in [0.25, 0.3) is 5.91 Å². The molecule has 5 nitrogen and oxygen atoms in total. The summed E-state index contributed by atoms with van der Waals surface area (Å²) >= 11 is 0. The number of carbonyl (C=O) groups is 1. The third-order valence-electron chi connectivity index (χ3n) is 5.34. The average Bonchev–Trinajstić information content (AvgIpc) is 2.74. The van der Waals surface area contributed by atoms with Crippen LogP contribution in [0.1, 0.15) is 37.7 Å². The van der Waals surface area contributed by atoms with Crippen LogP contribution in [-0.2, 0) is 11.3 Å². The maximum absolute atomic E-state index is 12.4. The molecule has 5 heteroatoms. The molecule has 1 amide bonds. The van der Waals surface area contributed by atoms with Crippen molar-refractivity contribution in [2.75, 3.05) is 26.1 Å². The first-order valence-corrected chi connectivity index (χ1v) is 10.0. The van der Waals surface area contributed by atoms with E-state index in [0.717, 1.165) is 17.8 Å². The van der Waals surface area contributed by atoms with Gasteiger partial charge in [-0.05, 0) is 43.7 Å². The van der Waals surface area contributed by atoms with Crippen molar-refractivity contribution in [3.05, 3.63) is 54.1 Å². The fourth-order valence-electron chi connectivity index (χ4n) is 3.77. The van der Waals surface area contributed by atoms with Gasteiger partial charge < -0.3 is 14.8 Å². The standard InChI is InChI=1S/C23H30N2O3/c1-25(19-11-4-3-5-12-19)16-18-10-6-7-13-20(18)24-23(26)17-28-22-15-9-8-14-21(22)27-2/h6-10,13-15,19H,3-5,11-12,16-17H2,1-2H3,(H,24,26). The fraction of sp³-hybridized carbons (Fsp3) is 0.435. The van der Waals surface area contributed by atoms with Crippen molar-refractivity contribution >= 4 is 11.6 Å². The quantitative estimate of drug-likeness (QED) is 0.731. The lowest BCUT2D eigenvalue weighted by Crippen LogP contribution is -2.33. The van der Waals surface area contributed by atoms with Crippen molar-refractivity contribution < 1.29 is 14.3 Å². The lowest BCUT2D eigenvalue weighted by atomic mass is 9.94. The van der Waals surface area contributed by atoms with Gasteiger partial charge in [0.05, 0.1) is 7.11 Å². The fourth-order valence-corrected chi connectivity index (χ4v) is 3.77. The van der Waals surface area contributed by atoms with Crippen LogP contribution < -0.4 is 14.8 Å². The number of nitrogens with one attached hydrogen (secondary N) is 1. The third kappa shape index (κ3) is 5.49. The highest BCUT2D eigenvalue weighted by Gasteiger charge is 2.19. The molecule has 3 rings (SSSR count). The number of amides is 1. The molecule has 1 aliphatic carbocycles. The number of hydrogen-bond acceptors (Lipinski definition) is 4. The second-order valence-electron chi connectivity index (χ2n) is 7.35. The first kappa shape index (κ1) is 20.2. The summed E-state index contributed by atoms with van der Waals surface area (Å²) in [6.45, 7) is 0.766. The van der Waals surface area contributed by atoms with Crippen molar-refractivity contribution in [1.82, 2.24) is 4.90 Å². The summed E-state index contributed by atoms with van der Waals surface area (Å²) in [5.41, 5.74) is 1.97. The molecular formula is C23H30N2O3. The van der Waals surface area contributed by atoms with Crippen LogP contribution in [0.2, 0.25) is 0 Å². The SMILES string of the molecule is COc1ccccc1OCC(=O)Nc1ccccc1CN(C)C1CCCCC1. The summed E-state index contributed by atoms with van der Waals surface area (Å²) in [5, 5.41) is 3.00. The summed E-state index contributed by atoms with van der Waals surface area (Å²) in [4.78, 5) is 14.8. The van der Waals surface area contributed by atoms with Crippen LogP contribution >= 0.6 is 0 Å². The van der Waals surface area contributed by atoms with Gasteiger partial charge in [-0.25, -0.2) is 0 Å². The Morgan fingerprint density at radius 3 is 2.46 bits per heavy atom. The van der Waals surface area contributed by atoms with Gasteiger partial charge in [-0.3, -0.25) is 9.69 Å². The highest BCUT2D eigenvalue weighted by atomic mass is 16.5. The Morgan fingerprint density at radius 2 is 1.71 bits per heavy atom. The molecule has 0 unspecified atom stereocenters. The van der Waals surface area contributed by atoms with E-state index in [9.17, 15) is 4.79 Å². The smallest absolute Gasteiger partial charge is 0.262 e. The first-order valence-electron chi connectivity index (χ1n) is 10.0. The zero-order valence-electron chi connectivity index (χ0n) is 16.8. The van der Waals surface area contributed by atoms with Crippen LogP contribution in [0.25, 0.3) is 0 Å². The molecule has 0 bridgehead atoms. The van der Waals surface area contributed by atoms with Gasteiger partial charge in [0.15, 0.2) is 18.1 Å². The minimum atomic E-state index is -0.182. The number of carbonyl (C=O) groups excluding carboxylic acids is 1. The van der Waals surface area contributed by atoms with Gasteiger partial charge in [0, 0.05) is 18.3 Å². The Bertz CT molecular complexity index is 772. The number of hydrogen-bond donors (Lipinski definition) is 1. The molecule has 0 aromatic heterocycles. The summed E-state index contributed by atoms with van der Waals surface area (Å²) in [6.07, 6.45) is 6.50. The molecule has 0 radical (unpaired) electrons. The van der Waals surface area contributed by atoms with Crippen LogP contribution in [0.5, 0.6) is 11.5 Å². The Balaban J connectivity index is 1.58. The number of methoxy groups -OCH3 is 1. The molecule has 0 spiro atoms. The second-order valence-corrected chi connectivity index (χ2v) is 7.35. The van der Waals surface area contributed by atoms with E-state index in [1.54, 1.807) is 13.2 Å². The molecule has 1 aliphatic rings. The van der Waals surface area contributed by atoms with Crippen molar-refractivity contribution in [1.29, 1.82) is 0 Å². The normalized spacial score (nSPS) is 14.7. The summed E-state index contributed by atoms with van der Waals surface area (Å²) < 4.78 is 10.9. The number of benzene rings is 2. The van der Waals surface area contributed by atoms with Gasteiger partial charge >= 0.3 is 0 Å². The molecule has 2 aromatic rings. The number of ether oxygens (including phenoxy) is 2. The number of nitrogens with zero attached hydrogens (tertiary/aromatic N) is 1. The first-order chi connectivity index (χ1) is 13.7. The van der Waals surface area contributed by atoms with E-state index in [0.29, 0.717) is 17.5 Å². The topological polar surface area (TPSA) is 50.8 Å². The molecule has 2 aromatic carbocycles. The largest absolute Gasteiger partial charge is 0.493 e. The van der Waals surface area contributed by atoms with Crippen LogP contribution in [0.3, 0.4) is 0 Å². The number of para-hydroxylation sites is 3. The Morgan fingerprint density at radius 1 is 1.04 bits per heavy atom. The van der Waals surface area contributed by atoms with E-state index in [1.165, 1.54) is 32.1 Å². The Labute approximate surface area is 167 Å². The Kier molecular flexibility index (Phi) is 7.31. The number of anilines is 1.